The molecule has 29 heavy (non-hydrogen) atoms. The van der Waals surface area contributed by atoms with Crippen LogP contribution in [-0.2, 0) is 19.3 Å². The van der Waals surface area contributed by atoms with Crippen molar-refractivity contribution in [3.05, 3.63) is 77.4 Å². The zero-order chi connectivity index (χ0) is 21.0. The van der Waals surface area contributed by atoms with E-state index in [4.69, 9.17) is 5.11 Å². The Bertz CT molecular complexity index is 1020. The molecule has 2 amide bonds. The van der Waals surface area contributed by atoms with E-state index in [0.29, 0.717) is 11.3 Å². The van der Waals surface area contributed by atoms with Crippen molar-refractivity contribution < 1.29 is 27.5 Å². The molecule has 1 aromatic heterocycles. The summed E-state index contributed by atoms with van der Waals surface area (Å²) < 4.78 is 54.1. The summed E-state index contributed by atoms with van der Waals surface area (Å²) in [6.07, 6.45) is -4.72. The minimum atomic E-state index is -4.72. The lowest BCUT2D eigenvalue weighted by molar-refractivity contribution is -0.141. The monoisotopic (exact) mass is 408 g/mol. The predicted octanol–water partition coefficient (Wildman–Crippen LogP) is 3.84. The molecule has 0 saturated carbocycles. The van der Waals surface area contributed by atoms with E-state index in [-0.39, 0.29) is 24.5 Å². The minimum Gasteiger partial charge on any atom is -0.392 e. The third-order valence-electron chi connectivity index (χ3n) is 3.95. The van der Waals surface area contributed by atoms with Gasteiger partial charge in [-0.15, -0.1) is 0 Å². The van der Waals surface area contributed by atoms with E-state index in [1.165, 1.54) is 18.2 Å². The van der Waals surface area contributed by atoms with Gasteiger partial charge in [-0.3, -0.25) is 0 Å². The van der Waals surface area contributed by atoms with Gasteiger partial charge in [0, 0.05) is 5.69 Å². The second-order valence-corrected chi connectivity index (χ2v) is 6.05. The number of rotatable bonds is 5. The molecule has 152 valence electrons. The van der Waals surface area contributed by atoms with Crippen LogP contribution in [0.15, 0.2) is 54.6 Å². The van der Waals surface area contributed by atoms with Crippen molar-refractivity contribution in [3.63, 3.8) is 0 Å². The van der Waals surface area contributed by atoms with Crippen molar-refractivity contribution in [1.29, 1.82) is 0 Å². The number of nitrogens with zero attached hydrogens (tertiary/aromatic N) is 2. The molecule has 0 unspecified atom stereocenters. The van der Waals surface area contributed by atoms with Gasteiger partial charge in [0.2, 0.25) is 0 Å². The Balaban J connectivity index is 1.80. The fourth-order valence-corrected chi connectivity index (χ4v) is 2.61. The first-order chi connectivity index (χ1) is 13.8. The van der Waals surface area contributed by atoms with Gasteiger partial charge in [0.25, 0.3) is 0 Å². The zero-order valence-electron chi connectivity index (χ0n) is 14.9. The number of benzene rings is 2. The summed E-state index contributed by atoms with van der Waals surface area (Å²) in [7, 11) is 0. The first kappa shape index (κ1) is 20.3. The molecule has 3 aromatic rings. The van der Waals surface area contributed by atoms with Crippen molar-refractivity contribution in [2.24, 2.45) is 0 Å². The molecule has 0 bridgehead atoms. The largest absolute Gasteiger partial charge is 0.435 e. The van der Waals surface area contributed by atoms with Gasteiger partial charge in [-0.05, 0) is 35.9 Å². The van der Waals surface area contributed by atoms with Crippen molar-refractivity contribution in [3.8, 4) is 5.69 Å². The molecular weight excluding hydrogens is 392 g/mol. The number of amides is 2. The van der Waals surface area contributed by atoms with Crippen molar-refractivity contribution in [2.45, 2.75) is 19.3 Å². The number of carbonyl (C=O) groups excluding carboxylic acids is 1. The topological polar surface area (TPSA) is 79.2 Å². The van der Waals surface area contributed by atoms with Crippen LogP contribution in [-0.4, -0.2) is 20.9 Å². The highest BCUT2D eigenvalue weighted by Gasteiger charge is 2.35. The standard InChI is InChI=1S/C19H16F4N4O2/c20-15-6-1-2-7-16(15)27-14(9-17(26-27)19(21,22)23)10-24-18(29)25-13-5-3-4-12(8-13)11-28/h1-9,28H,10-11H2,(H2,24,25,29). The van der Waals surface area contributed by atoms with Crippen molar-refractivity contribution in [1.82, 2.24) is 15.1 Å². The molecule has 3 rings (SSSR count). The van der Waals surface area contributed by atoms with Crippen molar-refractivity contribution in [2.75, 3.05) is 5.32 Å². The average molecular weight is 408 g/mol. The molecular formula is C19H16F4N4O2. The van der Waals surface area contributed by atoms with E-state index in [0.717, 1.165) is 16.8 Å². The lowest BCUT2D eigenvalue weighted by atomic mass is 10.2. The molecule has 0 radical (unpaired) electrons. The fraction of sp³-hybridized carbons (Fsp3) is 0.158. The number of carbonyl (C=O) groups is 1. The van der Waals surface area contributed by atoms with E-state index in [1.54, 1.807) is 24.3 Å². The number of aliphatic hydroxyl groups is 1. The Morgan fingerprint density at radius 1 is 1.10 bits per heavy atom. The highest BCUT2D eigenvalue weighted by Crippen LogP contribution is 2.30. The molecule has 0 aliphatic rings. The van der Waals surface area contributed by atoms with Crippen LogP contribution in [0, 0.1) is 5.82 Å². The van der Waals surface area contributed by atoms with Gasteiger partial charge in [-0.25, -0.2) is 13.9 Å². The number of hydrogen-bond acceptors (Lipinski definition) is 3. The highest BCUT2D eigenvalue weighted by atomic mass is 19.4. The summed E-state index contributed by atoms with van der Waals surface area (Å²) in [4.78, 5) is 12.1. The van der Waals surface area contributed by atoms with E-state index in [2.05, 4.69) is 15.7 Å². The Morgan fingerprint density at radius 2 is 1.86 bits per heavy atom. The van der Waals surface area contributed by atoms with Gasteiger partial charge in [-0.2, -0.15) is 18.3 Å². The van der Waals surface area contributed by atoms with E-state index < -0.39 is 23.7 Å². The number of aliphatic hydroxyl groups excluding tert-OH is 1. The van der Waals surface area contributed by atoms with Crippen molar-refractivity contribution >= 4 is 11.7 Å². The maximum absolute atomic E-state index is 14.1. The van der Waals surface area contributed by atoms with Crippen LogP contribution in [0.1, 0.15) is 17.0 Å². The first-order valence-electron chi connectivity index (χ1n) is 8.43. The van der Waals surface area contributed by atoms with Crippen LogP contribution in [0.4, 0.5) is 28.0 Å². The lowest BCUT2D eigenvalue weighted by Crippen LogP contribution is -2.29. The number of halogens is 4. The van der Waals surface area contributed by atoms with E-state index >= 15 is 0 Å². The van der Waals surface area contributed by atoms with E-state index in [9.17, 15) is 22.4 Å². The second kappa shape index (κ2) is 8.31. The number of hydrogen-bond donors (Lipinski definition) is 3. The molecule has 2 aromatic carbocycles. The minimum absolute atomic E-state index is 0.0540. The van der Waals surface area contributed by atoms with Gasteiger partial charge in [0.05, 0.1) is 18.8 Å². The number of aromatic nitrogens is 2. The van der Waals surface area contributed by atoms with Crippen LogP contribution < -0.4 is 10.6 Å². The molecule has 0 saturated heterocycles. The third kappa shape index (κ3) is 4.91. The summed E-state index contributed by atoms with van der Waals surface area (Å²) in [5.74, 6) is -0.754. The van der Waals surface area contributed by atoms with Crippen LogP contribution >= 0.6 is 0 Å². The summed E-state index contributed by atoms with van der Waals surface area (Å²) >= 11 is 0. The fourth-order valence-electron chi connectivity index (χ4n) is 2.61. The molecule has 0 aliphatic heterocycles. The van der Waals surface area contributed by atoms with E-state index in [1.807, 2.05) is 0 Å². The molecule has 6 nitrogen and oxygen atoms in total. The van der Waals surface area contributed by atoms with Gasteiger partial charge in [0.1, 0.15) is 11.5 Å². The van der Waals surface area contributed by atoms with Gasteiger partial charge in [-0.1, -0.05) is 24.3 Å². The maximum atomic E-state index is 14.1. The van der Waals surface area contributed by atoms with Crippen LogP contribution in [0.2, 0.25) is 0 Å². The molecule has 0 spiro atoms. The maximum Gasteiger partial charge on any atom is 0.435 e. The lowest BCUT2D eigenvalue weighted by Gasteiger charge is -2.11. The first-order valence-corrected chi connectivity index (χ1v) is 8.43. The number of para-hydroxylation sites is 1. The third-order valence-corrected chi connectivity index (χ3v) is 3.95. The summed E-state index contributed by atoms with van der Waals surface area (Å²) in [5.41, 5.74) is -0.450. The average Bonchev–Trinajstić information content (AvgIpc) is 3.11. The molecule has 3 N–H and O–H groups in total. The SMILES string of the molecule is O=C(NCc1cc(C(F)(F)F)nn1-c1ccccc1F)Nc1cccc(CO)c1. The van der Waals surface area contributed by atoms with Gasteiger partial charge < -0.3 is 15.7 Å². The molecule has 0 atom stereocenters. The van der Waals surface area contributed by atoms with Crippen LogP contribution in [0.5, 0.6) is 0 Å². The summed E-state index contributed by atoms with van der Waals surface area (Å²) in [6.45, 7) is -0.540. The smallest absolute Gasteiger partial charge is 0.392 e. The Kier molecular flexibility index (Phi) is 5.83. The van der Waals surface area contributed by atoms with Gasteiger partial charge >= 0.3 is 12.2 Å². The molecule has 10 heteroatoms. The molecule has 1 heterocycles. The Morgan fingerprint density at radius 3 is 2.55 bits per heavy atom. The summed E-state index contributed by atoms with van der Waals surface area (Å²) in [5, 5.41) is 17.5. The number of alkyl halides is 3. The van der Waals surface area contributed by atoms with Crippen LogP contribution in [0.3, 0.4) is 0 Å². The van der Waals surface area contributed by atoms with Gasteiger partial charge in [0.15, 0.2) is 5.69 Å². The normalized spacial score (nSPS) is 11.3. The quantitative estimate of drug-likeness (QED) is 0.562. The zero-order valence-corrected chi connectivity index (χ0v) is 14.9. The predicted molar refractivity (Wildman–Crippen MR) is 96.7 cm³/mol. The second-order valence-electron chi connectivity index (χ2n) is 6.05. The summed E-state index contributed by atoms with van der Waals surface area (Å²) in [6, 6.07) is 11.7. The number of nitrogens with one attached hydrogen (secondary N) is 2. The Labute approximate surface area is 162 Å². The molecule has 0 fully saturated rings. The number of urea groups is 1. The van der Waals surface area contributed by atoms with Crippen LogP contribution in [0.25, 0.3) is 5.69 Å². The highest BCUT2D eigenvalue weighted by molar-refractivity contribution is 5.89. The number of anilines is 1. The Hall–Kier alpha value is -3.40. The molecule has 0 aliphatic carbocycles.